The maximum atomic E-state index is 13.8. The summed E-state index contributed by atoms with van der Waals surface area (Å²) in [7, 11) is 0. The van der Waals surface area contributed by atoms with E-state index in [-0.39, 0.29) is 11.9 Å². The van der Waals surface area contributed by atoms with Gasteiger partial charge in [0.05, 0.1) is 0 Å². The first-order chi connectivity index (χ1) is 8.56. The van der Waals surface area contributed by atoms with E-state index in [0.29, 0.717) is 12.0 Å². The summed E-state index contributed by atoms with van der Waals surface area (Å²) in [6, 6.07) is 12.5. The molecule has 2 N–H and O–H groups in total. The van der Waals surface area contributed by atoms with Crippen LogP contribution in [0.5, 0.6) is 0 Å². The zero-order chi connectivity index (χ0) is 13.1. The predicted molar refractivity (Wildman–Crippen MR) is 78.9 cm³/mol. The topological polar surface area (TPSA) is 26.0 Å². The molecule has 0 saturated heterocycles. The first kappa shape index (κ1) is 13.7. The Balaban J connectivity index is 2.19. The highest BCUT2D eigenvalue weighted by Gasteiger charge is 2.12. The standard InChI is InChI=1S/C14H12Br2FN/c15-10-3-1-2-9(6-10)7-14(18)12-5-4-11(16)8-13(12)17/h1-6,8,14H,7,18H2. The zero-order valence-electron chi connectivity index (χ0n) is 9.54. The molecule has 0 aliphatic heterocycles. The largest absolute Gasteiger partial charge is 0.324 e. The Kier molecular flexibility index (Phi) is 4.54. The van der Waals surface area contributed by atoms with Crippen LogP contribution in [0, 0.1) is 5.82 Å². The molecule has 0 aromatic heterocycles. The maximum absolute atomic E-state index is 13.8. The molecule has 0 aliphatic rings. The van der Waals surface area contributed by atoms with Gasteiger partial charge in [0.1, 0.15) is 5.82 Å². The van der Waals surface area contributed by atoms with Crippen LogP contribution in [0.15, 0.2) is 51.4 Å². The van der Waals surface area contributed by atoms with Crippen LogP contribution in [0.25, 0.3) is 0 Å². The molecule has 0 spiro atoms. The normalized spacial score (nSPS) is 12.4. The first-order valence-corrected chi connectivity index (χ1v) is 7.10. The van der Waals surface area contributed by atoms with Gasteiger partial charge in [0.25, 0.3) is 0 Å². The molecule has 4 heteroatoms. The molecule has 94 valence electrons. The van der Waals surface area contributed by atoms with Gasteiger partial charge in [0, 0.05) is 20.6 Å². The Morgan fingerprint density at radius 3 is 2.44 bits per heavy atom. The lowest BCUT2D eigenvalue weighted by Crippen LogP contribution is -2.15. The van der Waals surface area contributed by atoms with Crippen LogP contribution < -0.4 is 5.73 Å². The Bertz CT molecular complexity index is 557. The van der Waals surface area contributed by atoms with E-state index in [9.17, 15) is 4.39 Å². The molecule has 0 heterocycles. The van der Waals surface area contributed by atoms with Gasteiger partial charge in [0.2, 0.25) is 0 Å². The highest BCUT2D eigenvalue weighted by Crippen LogP contribution is 2.23. The number of hydrogen-bond donors (Lipinski definition) is 1. The summed E-state index contributed by atoms with van der Waals surface area (Å²) in [4.78, 5) is 0. The monoisotopic (exact) mass is 371 g/mol. The number of nitrogens with two attached hydrogens (primary N) is 1. The van der Waals surface area contributed by atoms with E-state index in [1.807, 2.05) is 24.3 Å². The second-order valence-corrected chi connectivity index (χ2v) is 5.94. The molecule has 1 unspecified atom stereocenters. The molecule has 1 nitrogen and oxygen atoms in total. The van der Waals surface area contributed by atoms with E-state index < -0.39 is 0 Å². The maximum Gasteiger partial charge on any atom is 0.129 e. The van der Waals surface area contributed by atoms with Crippen LogP contribution in [0.4, 0.5) is 4.39 Å². The molecule has 2 rings (SSSR count). The minimum Gasteiger partial charge on any atom is -0.324 e. The van der Waals surface area contributed by atoms with E-state index in [4.69, 9.17) is 5.73 Å². The van der Waals surface area contributed by atoms with Crippen molar-refractivity contribution in [1.82, 2.24) is 0 Å². The van der Waals surface area contributed by atoms with E-state index in [1.54, 1.807) is 12.1 Å². The van der Waals surface area contributed by atoms with Crippen LogP contribution >= 0.6 is 31.9 Å². The fourth-order valence-electron chi connectivity index (χ4n) is 1.83. The second-order valence-electron chi connectivity index (χ2n) is 4.11. The van der Waals surface area contributed by atoms with Gasteiger partial charge in [-0.15, -0.1) is 0 Å². The molecule has 0 aliphatic carbocycles. The van der Waals surface area contributed by atoms with Crippen LogP contribution in [-0.2, 0) is 6.42 Å². The summed E-state index contributed by atoms with van der Waals surface area (Å²) < 4.78 is 15.5. The minimum absolute atomic E-state index is 0.271. The molecular formula is C14H12Br2FN. The summed E-state index contributed by atoms with van der Waals surface area (Å²) in [5, 5.41) is 0. The summed E-state index contributed by atoms with van der Waals surface area (Å²) in [5.41, 5.74) is 7.68. The lowest BCUT2D eigenvalue weighted by atomic mass is 9.99. The SMILES string of the molecule is NC(Cc1cccc(Br)c1)c1ccc(Br)cc1F. The number of hydrogen-bond acceptors (Lipinski definition) is 1. The van der Waals surface area contributed by atoms with Crippen LogP contribution in [-0.4, -0.2) is 0 Å². The van der Waals surface area contributed by atoms with Gasteiger partial charge in [0.15, 0.2) is 0 Å². The number of halogens is 3. The molecular weight excluding hydrogens is 361 g/mol. The highest BCUT2D eigenvalue weighted by molar-refractivity contribution is 9.10. The number of rotatable bonds is 3. The van der Waals surface area contributed by atoms with Gasteiger partial charge in [-0.25, -0.2) is 4.39 Å². The van der Waals surface area contributed by atoms with E-state index in [0.717, 1.165) is 14.5 Å². The van der Waals surface area contributed by atoms with Crippen molar-refractivity contribution in [3.63, 3.8) is 0 Å². The third-order valence-electron chi connectivity index (χ3n) is 2.71. The summed E-state index contributed by atoms with van der Waals surface area (Å²) in [5.74, 6) is -0.271. The molecule has 2 aromatic rings. The van der Waals surface area contributed by atoms with Crippen molar-refractivity contribution in [2.45, 2.75) is 12.5 Å². The van der Waals surface area contributed by atoms with Crippen molar-refractivity contribution in [1.29, 1.82) is 0 Å². The quantitative estimate of drug-likeness (QED) is 0.837. The molecule has 0 saturated carbocycles. The van der Waals surface area contributed by atoms with Crippen molar-refractivity contribution < 1.29 is 4.39 Å². The van der Waals surface area contributed by atoms with Gasteiger partial charge >= 0.3 is 0 Å². The molecule has 0 radical (unpaired) electrons. The molecule has 0 amide bonds. The van der Waals surface area contributed by atoms with E-state index >= 15 is 0 Å². The van der Waals surface area contributed by atoms with Gasteiger partial charge in [-0.2, -0.15) is 0 Å². The third kappa shape index (κ3) is 3.40. The average Bonchev–Trinajstić information content (AvgIpc) is 2.28. The summed E-state index contributed by atoms with van der Waals surface area (Å²) in [6.07, 6.45) is 0.609. The van der Waals surface area contributed by atoms with Crippen molar-refractivity contribution in [3.05, 3.63) is 68.4 Å². The van der Waals surface area contributed by atoms with Crippen LogP contribution in [0.3, 0.4) is 0 Å². The van der Waals surface area contributed by atoms with E-state index in [2.05, 4.69) is 31.9 Å². The highest BCUT2D eigenvalue weighted by atomic mass is 79.9. The lowest BCUT2D eigenvalue weighted by molar-refractivity contribution is 0.579. The second kappa shape index (κ2) is 5.95. The van der Waals surface area contributed by atoms with Crippen LogP contribution in [0.1, 0.15) is 17.2 Å². The minimum atomic E-state index is -0.340. The van der Waals surface area contributed by atoms with Crippen molar-refractivity contribution >= 4 is 31.9 Å². The fraction of sp³-hybridized carbons (Fsp3) is 0.143. The van der Waals surface area contributed by atoms with Gasteiger partial charge < -0.3 is 5.73 Å². The van der Waals surface area contributed by atoms with Crippen molar-refractivity contribution in [2.75, 3.05) is 0 Å². The average molecular weight is 373 g/mol. The Hall–Kier alpha value is -0.710. The molecule has 18 heavy (non-hydrogen) atoms. The van der Waals surface area contributed by atoms with Gasteiger partial charge in [-0.1, -0.05) is 50.1 Å². The van der Waals surface area contributed by atoms with Gasteiger partial charge in [-0.05, 0) is 36.2 Å². The molecule has 0 bridgehead atoms. The Labute approximate surface area is 122 Å². The van der Waals surface area contributed by atoms with Crippen LogP contribution in [0.2, 0.25) is 0 Å². The Morgan fingerprint density at radius 1 is 1.06 bits per heavy atom. The van der Waals surface area contributed by atoms with Crippen molar-refractivity contribution in [3.8, 4) is 0 Å². The lowest BCUT2D eigenvalue weighted by Gasteiger charge is -2.13. The summed E-state index contributed by atoms with van der Waals surface area (Å²) >= 11 is 6.65. The van der Waals surface area contributed by atoms with Crippen molar-refractivity contribution in [2.24, 2.45) is 5.73 Å². The molecule has 1 atom stereocenters. The third-order valence-corrected chi connectivity index (χ3v) is 3.69. The zero-order valence-corrected chi connectivity index (χ0v) is 12.7. The smallest absolute Gasteiger partial charge is 0.129 e. The Morgan fingerprint density at radius 2 is 1.78 bits per heavy atom. The number of benzene rings is 2. The molecule has 2 aromatic carbocycles. The van der Waals surface area contributed by atoms with Gasteiger partial charge in [-0.3, -0.25) is 0 Å². The molecule has 0 fully saturated rings. The first-order valence-electron chi connectivity index (χ1n) is 5.51. The predicted octanol–water partition coefficient (Wildman–Crippen LogP) is 4.59. The van der Waals surface area contributed by atoms with E-state index in [1.165, 1.54) is 6.07 Å². The summed E-state index contributed by atoms with van der Waals surface area (Å²) in [6.45, 7) is 0. The fourth-order valence-corrected chi connectivity index (χ4v) is 2.61.